The number of rotatable bonds is 6. The second kappa shape index (κ2) is 6.87. The molecule has 3 N–H and O–H groups in total. The fourth-order valence-electron chi connectivity index (χ4n) is 2.77. The minimum atomic E-state index is 0.292. The third kappa shape index (κ3) is 3.67. The van der Waals surface area contributed by atoms with E-state index in [1.54, 1.807) is 6.20 Å². The number of hydrogen-bond donors (Lipinski definition) is 2. The minimum absolute atomic E-state index is 0.292. The van der Waals surface area contributed by atoms with E-state index in [1.807, 2.05) is 6.07 Å². The molecule has 0 aromatic carbocycles. The van der Waals surface area contributed by atoms with E-state index in [0.717, 1.165) is 39.0 Å². The highest BCUT2D eigenvalue weighted by Crippen LogP contribution is 2.30. The molecule has 106 valence electrons. The number of aromatic nitrogens is 1. The van der Waals surface area contributed by atoms with Crippen LogP contribution in [0.15, 0.2) is 12.3 Å². The van der Waals surface area contributed by atoms with Crippen LogP contribution >= 0.6 is 0 Å². The predicted molar refractivity (Wildman–Crippen MR) is 78.0 cm³/mol. The van der Waals surface area contributed by atoms with Crippen molar-refractivity contribution in [3.8, 4) is 0 Å². The third-order valence-corrected chi connectivity index (χ3v) is 3.82. The molecule has 0 spiro atoms. The van der Waals surface area contributed by atoms with Gasteiger partial charge in [-0.1, -0.05) is 6.92 Å². The number of nitrogens with two attached hydrogens (primary N) is 1. The molecule has 4 heteroatoms. The Hall–Kier alpha value is -1.13. The van der Waals surface area contributed by atoms with E-state index in [9.17, 15) is 0 Å². The average Bonchev–Trinajstić information content (AvgIpc) is 2.88. The largest absolute Gasteiger partial charge is 0.383 e. The molecule has 2 atom stereocenters. The van der Waals surface area contributed by atoms with Crippen molar-refractivity contribution in [1.82, 2.24) is 10.3 Å². The summed E-state index contributed by atoms with van der Waals surface area (Å²) in [5, 5.41) is 3.62. The number of pyridine rings is 1. The standard InChI is InChI=1S/C15H25N3O/c1-3-6-17-13(9-12-5-8-19-10-12)14-11(2)4-7-18-15(14)16/h4,7,12-13,17H,3,5-6,8-10H2,1-2H3,(H2,16,18). The summed E-state index contributed by atoms with van der Waals surface area (Å²) in [5.41, 5.74) is 8.48. The molecule has 1 aliphatic rings. The van der Waals surface area contributed by atoms with E-state index < -0.39 is 0 Å². The highest BCUT2D eigenvalue weighted by Gasteiger charge is 2.24. The zero-order chi connectivity index (χ0) is 13.7. The highest BCUT2D eigenvalue weighted by atomic mass is 16.5. The first-order chi connectivity index (χ1) is 9.22. The number of nitrogens with one attached hydrogen (secondary N) is 1. The fourth-order valence-corrected chi connectivity index (χ4v) is 2.77. The van der Waals surface area contributed by atoms with Crippen LogP contribution in [0.3, 0.4) is 0 Å². The maximum atomic E-state index is 6.09. The molecule has 4 nitrogen and oxygen atoms in total. The van der Waals surface area contributed by atoms with E-state index in [0.29, 0.717) is 17.8 Å². The lowest BCUT2D eigenvalue weighted by atomic mass is 9.92. The molecular weight excluding hydrogens is 238 g/mol. The van der Waals surface area contributed by atoms with E-state index in [-0.39, 0.29) is 0 Å². The lowest BCUT2D eigenvalue weighted by Gasteiger charge is -2.24. The van der Waals surface area contributed by atoms with Crippen LogP contribution in [0.2, 0.25) is 0 Å². The molecule has 2 unspecified atom stereocenters. The van der Waals surface area contributed by atoms with Gasteiger partial charge in [0.15, 0.2) is 0 Å². The second-order valence-corrected chi connectivity index (χ2v) is 5.40. The molecule has 1 fully saturated rings. The molecule has 1 aromatic heterocycles. The van der Waals surface area contributed by atoms with Gasteiger partial charge in [-0.2, -0.15) is 0 Å². The van der Waals surface area contributed by atoms with Crippen molar-refractivity contribution >= 4 is 5.82 Å². The van der Waals surface area contributed by atoms with Crippen molar-refractivity contribution in [2.75, 3.05) is 25.5 Å². The van der Waals surface area contributed by atoms with Crippen LogP contribution in [-0.4, -0.2) is 24.7 Å². The van der Waals surface area contributed by atoms with Crippen molar-refractivity contribution < 1.29 is 4.74 Å². The fraction of sp³-hybridized carbons (Fsp3) is 0.667. The molecule has 0 saturated carbocycles. The number of hydrogen-bond acceptors (Lipinski definition) is 4. The first-order valence-corrected chi connectivity index (χ1v) is 7.24. The SMILES string of the molecule is CCCNC(CC1CCOC1)c1c(C)ccnc1N. The molecule has 0 amide bonds. The zero-order valence-electron chi connectivity index (χ0n) is 12.0. The molecule has 2 heterocycles. The van der Waals surface area contributed by atoms with Crippen LogP contribution in [0.4, 0.5) is 5.82 Å². The summed E-state index contributed by atoms with van der Waals surface area (Å²) in [6.07, 6.45) is 5.14. The highest BCUT2D eigenvalue weighted by molar-refractivity contribution is 5.46. The smallest absolute Gasteiger partial charge is 0.128 e. The topological polar surface area (TPSA) is 60.2 Å². The lowest BCUT2D eigenvalue weighted by Crippen LogP contribution is -2.26. The van der Waals surface area contributed by atoms with Crippen LogP contribution in [0.5, 0.6) is 0 Å². The normalized spacial score (nSPS) is 20.6. The van der Waals surface area contributed by atoms with Crippen LogP contribution < -0.4 is 11.1 Å². The summed E-state index contributed by atoms with van der Waals surface area (Å²) in [7, 11) is 0. The van der Waals surface area contributed by atoms with E-state index >= 15 is 0 Å². The number of nitrogen functional groups attached to an aromatic ring is 1. The molecule has 0 radical (unpaired) electrons. The summed E-state index contributed by atoms with van der Waals surface area (Å²) in [5.74, 6) is 1.29. The van der Waals surface area contributed by atoms with Crippen LogP contribution in [0.1, 0.15) is 43.4 Å². The predicted octanol–water partition coefficient (Wildman–Crippen LogP) is 2.44. The van der Waals surface area contributed by atoms with Gasteiger partial charge in [0, 0.05) is 31.0 Å². The van der Waals surface area contributed by atoms with E-state index in [4.69, 9.17) is 10.5 Å². The third-order valence-electron chi connectivity index (χ3n) is 3.82. The Balaban J connectivity index is 2.15. The Kier molecular flexibility index (Phi) is 5.16. The van der Waals surface area contributed by atoms with E-state index in [1.165, 1.54) is 11.1 Å². The van der Waals surface area contributed by atoms with Gasteiger partial charge in [0.1, 0.15) is 5.82 Å². The van der Waals surface area contributed by atoms with Crippen LogP contribution in [0.25, 0.3) is 0 Å². The van der Waals surface area contributed by atoms with Crippen molar-refractivity contribution in [2.45, 2.75) is 39.2 Å². The first-order valence-electron chi connectivity index (χ1n) is 7.24. The molecule has 19 heavy (non-hydrogen) atoms. The second-order valence-electron chi connectivity index (χ2n) is 5.40. The number of nitrogens with zero attached hydrogens (tertiary/aromatic N) is 1. The van der Waals surface area contributed by atoms with Crippen molar-refractivity contribution in [3.05, 3.63) is 23.4 Å². The molecule has 0 aliphatic carbocycles. The van der Waals surface area contributed by atoms with Gasteiger partial charge in [-0.3, -0.25) is 0 Å². The number of aryl methyl sites for hydroxylation is 1. The molecule has 1 saturated heterocycles. The Morgan fingerprint density at radius 1 is 1.58 bits per heavy atom. The average molecular weight is 263 g/mol. The van der Waals surface area contributed by atoms with Crippen molar-refractivity contribution in [1.29, 1.82) is 0 Å². The van der Waals surface area contributed by atoms with Gasteiger partial charge in [0.05, 0.1) is 0 Å². The Morgan fingerprint density at radius 3 is 3.05 bits per heavy atom. The Bertz CT molecular complexity index is 382. The van der Waals surface area contributed by atoms with Gasteiger partial charge < -0.3 is 15.8 Å². The first kappa shape index (κ1) is 14.3. The molecule has 1 aliphatic heterocycles. The van der Waals surface area contributed by atoms with Gasteiger partial charge in [-0.05, 0) is 50.3 Å². The lowest BCUT2D eigenvalue weighted by molar-refractivity contribution is 0.181. The zero-order valence-corrected chi connectivity index (χ0v) is 12.0. The van der Waals surface area contributed by atoms with Crippen LogP contribution in [0, 0.1) is 12.8 Å². The number of anilines is 1. The molecule has 2 rings (SSSR count). The Labute approximate surface area is 115 Å². The minimum Gasteiger partial charge on any atom is -0.383 e. The maximum absolute atomic E-state index is 6.09. The van der Waals surface area contributed by atoms with Gasteiger partial charge in [0.2, 0.25) is 0 Å². The summed E-state index contributed by atoms with van der Waals surface area (Å²) in [6.45, 7) is 7.07. The summed E-state index contributed by atoms with van der Waals surface area (Å²) in [6, 6.07) is 2.33. The molecular formula is C15H25N3O. The van der Waals surface area contributed by atoms with E-state index in [2.05, 4.69) is 24.1 Å². The molecule has 1 aromatic rings. The quantitative estimate of drug-likeness (QED) is 0.827. The van der Waals surface area contributed by atoms with Gasteiger partial charge in [-0.25, -0.2) is 4.98 Å². The number of ether oxygens (including phenoxy) is 1. The van der Waals surface area contributed by atoms with Crippen molar-refractivity contribution in [2.24, 2.45) is 5.92 Å². The molecule has 0 bridgehead atoms. The van der Waals surface area contributed by atoms with Crippen molar-refractivity contribution in [3.63, 3.8) is 0 Å². The van der Waals surface area contributed by atoms with Gasteiger partial charge in [0.25, 0.3) is 0 Å². The van der Waals surface area contributed by atoms with Gasteiger partial charge >= 0.3 is 0 Å². The maximum Gasteiger partial charge on any atom is 0.128 e. The van der Waals surface area contributed by atoms with Crippen LogP contribution in [-0.2, 0) is 4.74 Å². The monoisotopic (exact) mass is 263 g/mol. The van der Waals surface area contributed by atoms with Gasteiger partial charge in [-0.15, -0.1) is 0 Å². The summed E-state index contributed by atoms with van der Waals surface area (Å²) >= 11 is 0. The Morgan fingerprint density at radius 2 is 2.42 bits per heavy atom. The summed E-state index contributed by atoms with van der Waals surface area (Å²) < 4.78 is 5.48. The summed E-state index contributed by atoms with van der Waals surface area (Å²) in [4.78, 5) is 4.25.